The Morgan fingerprint density at radius 2 is 1.88 bits per heavy atom. The van der Waals surface area contributed by atoms with Crippen LogP contribution in [0.15, 0.2) is 0 Å². The number of hydrogen-bond acceptors (Lipinski definition) is 4. The molecular formula is C13H27NO3. The highest BCUT2D eigenvalue weighted by Gasteiger charge is 2.11. The van der Waals surface area contributed by atoms with Gasteiger partial charge in [-0.25, -0.2) is 0 Å². The lowest BCUT2D eigenvalue weighted by Gasteiger charge is -2.22. The van der Waals surface area contributed by atoms with Crippen molar-refractivity contribution < 1.29 is 14.2 Å². The van der Waals surface area contributed by atoms with E-state index in [2.05, 4.69) is 5.32 Å². The van der Waals surface area contributed by atoms with Gasteiger partial charge in [-0.3, -0.25) is 0 Å². The standard InChI is InChI=1S/C13H27NO3/c1-15-10-11-17-8-3-7-16-9-5-13-4-2-6-14-12-13/h13-14H,2-12H2,1H3. The van der Waals surface area contributed by atoms with Crippen LogP contribution in [-0.4, -0.2) is 53.2 Å². The van der Waals surface area contributed by atoms with Crippen molar-refractivity contribution in [1.29, 1.82) is 0 Å². The van der Waals surface area contributed by atoms with Crippen LogP contribution in [0, 0.1) is 5.92 Å². The molecule has 1 saturated heterocycles. The van der Waals surface area contributed by atoms with Gasteiger partial charge in [0.05, 0.1) is 13.2 Å². The molecule has 0 aliphatic carbocycles. The first-order valence-electron chi connectivity index (χ1n) is 6.78. The van der Waals surface area contributed by atoms with Crippen molar-refractivity contribution in [3.8, 4) is 0 Å². The molecule has 0 spiro atoms. The zero-order valence-corrected chi connectivity index (χ0v) is 11.1. The molecule has 0 bridgehead atoms. The van der Waals surface area contributed by atoms with Crippen molar-refractivity contribution >= 4 is 0 Å². The molecule has 0 saturated carbocycles. The van der Waals surface area contributed by atoms with E-state index in [4.69, 9.17) is 14.2 Å². The lowest BCUT2D eigenvalue weighted by Crippen LogP contribution is -2.30. The van der Waals surface area contributed by atoms with Gasteiger partial charge in [-0.15, -0.1) is 0 Å². The highest BCUT2D eigenvalue weighted by Crippen LogP contribution is 2.13. The topological polar surface area (TPSA) is 39.7 Å². The summed E-state index contributed by atoms with van der Waals surface area (Å²) in [4.78, 5) is 0. The third-order valence-electron chi connectivity index (χ3n) is 3.08. The predicted molar refractivity (Wildman–Crippen MR) is 68.3 cm³/mol. The second kappa shape index (κ2) is 11.0. The zero-order valence-electron chi connectivity index (χ0n) is 11.1. The number of methoxy groups -OCH3 is 1. The summed E-state index contributed by atoms with van der Waals surface area (Å²) in [6.07, 6.45) is 4.85. The maximum atomic E-state index is 5.60. The van der Waals surface area contributed by atoms with E-state index in [0.29, 0.717) is 13.2 Å². The lowest BCUT2D eigenvalue weighted by atomic mass is 9.97. The van der Waals surface area contributed by atoms with E-state index in [1.54, 1.807) is 7.11 Å². The molecule has 1 fully saturated rings. The van der Waals surface area contributed by atoms with Crippen molar-refractivity contribution in [2.24, 2.45) is 5.92 Å². The third kappa shape index (κ3) is 8.55. The zero-order chi connectivity index (χ0) is 12.2. The average molecular weight is 245 g/mol. The molecule has 1 unspecified atom stereocenters. The van der Waals surface area contributed by atoms with E-state index in [9.17, 15) is 0 Å². The molecule has 0 aromatic heterocycles. The minimum absolute atomic E-state index is 0.676. The fraction of sp³-hybridized carbons (Fsp3) is 1.00. The van der Waals surface area contributed by atoms with Crippen molar-refractivity contribution in [3.05, 3.63) is 0 Å². The minimum atomic E-state index is 0.676. The van der Waals surface area contributed by atoms with Gasteiger partial charge < -0.3 is 19.5 Å². The molecule has 1 aliphatic rings. The highest BCUT2D eigenvalue weighted by atomic mass is 16.5. The van der Waals surface area contributed by atoms with Crippen LogP contribution < -0.4 is 5.32 Å². The fourth-order valence-electron chi connectivity index (χ4n) is 2.03. The molecule has 0 aromatic rings. The summed E-state index contributed by atoms with van der Waals surface area (Å²) in [5, 5.41) is 3.43. The maximum Gasteiger partial charge on any atom is 0.0700 e. The van der Waals surface area contributed by atoms with E-state index >= 15 is 0 Å². The first-order chi connectivity index (χ1) is 8.43. The molecule has 1 rings (SSSR count). The number of nitrogens with one attached hydrogen (secondary N) is 1. The Morgan fingerprint density at radius 1 is 1.06 bits per heavy atom. The Morgan fingerprint density at radius 3 is 2.59 bits per heavy atom. The van der Waals surface area contributed by atoms with Crippen LogP contribution in [0.1, 0.15) is 25.7 Å². The van der Waals surface area contributed by atoms with Gasteiger partial charge in [0.2, 0.25) is 0 Å². The lowest BCUT2D eigenvalue weighted by molar-refractivity contribution is 0.0488. The van der Waals surface area contributed by atoms with E-state index in [0.717, 1.165) is 32.2 Å². The molecule has 1 N–H and O–H groups in total. The molecular weight excluding hydrogens is 218 g/mol. The summed E-state index contributed by atoms with van der Waals surface area (Å²) >= 11 is 0. The second-order valence-corrected chi connectivity index (χ2v) is 4.57. The number of rotatable bonds is 10. The second-order valence-electron chi connectivity index (χ2n) is 4.57. The fourth-order valence-corrected chi connectivity index (χ4v) is 2.03. The molecule has 1 heterocycles. The average Bonchev–Trinajstić information content (AvgIpc) is 2.38. The van der Waals surface area contributed by atoms with E-state index in [-0.39, 0.29) is 0 Å². The van der Waals surface area contributed by atoms with Crippen LogP contribution >= 0.6 is 0 Å². The SMILES string of the molecule is COCCOCCCOCCC1CCCNC1. The molecule has 4 heteroatoms. The van der Waals surface area contributed by atoms with Gasteiger partial charge in [0, 0.05) is 26.9 Å². The monoisotopic (exact) mass is 245 g/mol. The Labute approximate surface area is 105 Å². The number of hydrogen-bond donors (Lipinski definition) is 1. The van der Waals surface area contributed by atoms with Gasteiger partial charge in [0.25, 0.3) is 0 Å². The number of piperidine rings is 1. The van der Waals surface area contributed by atoms with E-state index < -0.39 is 0 Å². The summed E-state index contributed by atoms with van der Waals surface area (Å²) in [6.45, 7) is 6.20. The van der Waals surface area contributed by atoms with Gasteiger partial charge in [0.1, 0.15) is 0 Å². The summed E-state index contributed by atoms with van der Waals surface area (Å²) in [6, 6.07) is 0. The van der Waals surface area contributed by atoms with Crippen LogP contribution in [0.4, 0.5) is 0 Å². The highest BCUT2D eigenvalue weighted by molar-refractivity contribution is 4.68. The van der Waals surface area contributed by atoms with Crippen LogP contribution in [0.2, 0.25) is 0 Å². The van der Waals surface area contributed by atoms with Crippen LogP contribution in [-0.2, 0) is 14.2 Å². The first kappa shape index (κ1) is 14.9. The van der Waals surface area contributed by atoms with Gasteiger partial charge in [-0.05, 0) is 44.7 Å². The molecule has 17 heavy (non-hydrogen) atoms. The Balaban J connectivity index is 1.75. The normalized spacial score (nSPS) is 20.6. The summed E-state index contributed by atoms with van der Waals surface area (Å²) in [7, 11) is 1.69. The Bertz CT molecular complexity index is 161. The summed E-state index contributed by atoms with van der Waals surface area (Å²) in [5.41, 5.74) is 0. The first-order valence-corrected chi connectivity index (χ1v) is 6.78. The smallest absolute Gasteiger partial charge is 0.0700 e. The van der Waals surface area contributed by atoms with Crippen molar-refractivity contribution in [3.63, 3.8) is 0 Å². The summed E-state index contributed by atoms with van der Waals surface area (Å²) in [5.74, 6) is 0.821. The predicted octanol–water partition coefficient (Wildman–Crippen LogP) is 1.45. The molecule has 0 amide bonds. The van der Waals surface area contributed by atoms with Crippen molar-refractivity contribution in [1.82, 2.24) is 5.32 Å². The van der Waals surface area contributed by atoms with Gasteiger partial charge >= 0.3 is 0 Å². The quantitative estimate of drug-likeness (QED) is 0.591. The van der Waals surface area contributed by atoms with Crippen molar-refractivity contribution in [2.75, 3.05) is 53.2 Å². The van der Waals surface area contributed by atoms with E-state index in [1.807, 2.05) is 0 Å². The molecule has 0 aromatic carbocycles. The van der Waals surface area contributed by atoms with Crippen LogP contribution in [0.25, 0.3) is 0 Å². The van der Waals surface area contributed by atoms with Gasteiger partial charge in [-0.1, -0.05) is 0 Å². The van der Waals surface area contributed by atoms with Gasteiger partial charge in [0.15, 0.2) is 0 Å². The van der Waals surface area contributed by atoms with Crippen LogP contribution in [0.3, 0.4) is 0 Å². The van der Waals surface area contributed by atoms with Crippen molar-refractivity contribution in [2.45, 2.75) is 25.7 Å². The molecule has 1 aliphatic heterocycles. The van der Waals surface area contributed by atoms with Crippen LogP contribution in [0.5, 0.6) is 0 Å². The number of ether oxygens (including phenoxy) is 3. The van der Waals surface area contributed by atoms with E-state index in [1.165, 1.54) is 32.4 Å². The Hall–Kier alpha value is -0.160. The molecule has 4 nitrogen and oxygen atoms in total. The minimum Gasteiger partial charge on any atom is -0.382 e. The third-order valence-corrected chi connectivity index (χ3v) is 3.08. The maximum absolute atomic E-state index is 5.60. The molecule has 0 radical (unpaired) electrons. The molecule has 102 valence electrons. The largest absolute Gasteiger partial charge is 0.382 e. The van der Waals surface area contributed by atoms with Gasteiger partial charge in [-0.2, -0.15) is 0 Å². The molecule has 1 atom stereocenters. The Kier molecular flexibility index (Phi) is 9.61. The summed E-state index contributed by atoms with van der Waals surface area (Å²) < 4.78 is 15.9.